The second-order valence-electron chi connectivity index (χ2n) is 37.4. The van der Waals surface area contributed by atoms with Crippen LogP contribution < -0.4 is 15.5 Å². The quantitative estimate of drug-likeness (QED) is 0.00880. The van der Waals surface area contributed by atoms with Crippen LogP contribution in [0.2, 0.25) is 0 Å². The fraction of sp³-hybridized carbons (Fsp3) is 0.730. The zero-order chi connectivity index (χ0) is 104. The van der Waals surface area contributed by atoms with Crippen LogP contribution in [-0.4, -0.2) is 368 Å². The van der Waals surface area contributed by atoms with E-state index in [1.54, 1.807) is 6.26 Å². The molecule has 2 aromatic carbocycles. The molecule has 41 heteroatoms. The number of Topliss-reactive ketones (excluding diaryl/α,β-unsaturated/α-hetero) is 1. The van der Waals surface area contributed by atoms with E-state index in [1.807, 2.05) is 27.7 Å². The number of carboxylic acid groups (broad SMARTS) is 1. The van der Waals surface area contributed by atoms with E-state index < -0.39 is 125 Å². The fourth-order valence-electron chi connectivity index (χ4n) is 20.9. The summed E-state index contributed by atoms with van der Waals surface area (Å²) in [6.07, 6.45) is 8.89. The lowest BCUT2D eigenvalue weighted by atomic mass is 9.46. The maximum absolute atomic E-state index is 15.4. The molecule has 8 aliphatic rings. The number of hydrogen-bond donors (Lipinski definition) is 12. The van der Waals surface area contributed by atoms with Crippen LogP contribution in [0.1, 0.15) is 218 Å². The van der Waals surface area contributed by atoms with Gasteiger partial charge in [-0.3, -0.25) is 57.9 Å². The van der Waals surface area contributed by atoms with Gasteiger partial charge in [-0.2, -0.15) is 21.4 Å². The molecule has 3 aromatic rings. The zero-order valence-corrected chi connectivity index (χ0v) is 85.2. The molecule has 40 nitrogen and oxygen atoms in total. The maximum atomic E-state index is 15.4. The molecule has 4 amide bonds. The molecule has 12 N–H and O–H groups in total. The molecule has 1 spiro atoms. The summed E-state index contributed by atoms with van der Waals surface area (Å²) >= 11 is 1.34. The van der Waals surface area contributed by atoms with E-state index >= 15 is 4.79 Å². The largest absolute Gasteiger partial charge is 0.481 e. The number of aromatic nitrogens is 1. The van der Waals surface area contributed by atoms with Crippen molar-refractivity contribution in [3.63, 3.8) is 0 Å². The van der Waals surface area contributed by atoms with Crippen molar-refractivity contribution in [1.82, 2.24) is 30.3 Å². The van der Waals surface area contributed by atoms with Crippen molar-refractivity contribution in [2.75, 3.05) is 151 Å². The smallest absolute Gasteiger partial charge is 0.373 e. The second kappa shape index (κ2) is 58.1. The van der Waals surface area contributed by atoms with Gasteiger partial charge in [-0.25, -0.2) is 4.79 Å². The number of rotatable bonds is 52. The number of imide groups is 1. The monoisotopic (exact) mass is 2010 g/mol. The molecule has 21 atom stereocenters. The number of ether oxygens (including phenoxy) is 12. The number of carbonyl (C=O) groups is 10. The summed E-state index contributed by atoms with van der Waals surface area (Å²) in [4.78, 5) is 151. The van der Waals surface area contributed by atoms with Crippen molar-refractivity contribution < 1.29 is 160 Å². The van der Waals surface area contributed by atoms with E-state index in [9.17, 15) is 63.6 Å². The minimum atomic E-state index is -2.12. The predicted octanol–water partition coefficient (Wildman–Crippen LogP) is 5.03. The van der Waals surface area contributed by atoms with Crippen molar-refractivity contribution >= 4 is 93.8 Å². The maximum Gasteiger partial charge on any atom is 0.373 e. The molecule has 7 aliphatic heterocycles. The Morgan fingerprint density at radius 3 is 1.70 bits per heavy atom. The number of carboxylic acids is 1. The van der Waals surface area contributed by atoms with Crippen molar-refractivity contribution in [2.24, 2.45) is 17.3 Å². The van der Waals surface area contributed by atoms with E-state index in [-0.39, 0.29) is 189 Å². The number of esters is 4. The van der Waals surface area contributed by atoms with Crippen LogP contribution in [-0.2, 0) is 132 Å². The first-order valence-electron chi connectivity index (χ1n) is 49.3. The molecule has 11 rings (SSSR count). The first kappa shape index (κ1) is 120. The number of ketones is 1. The van der Waals surface area contributed by atoms with E-state index in [0.717, 1.165) is 74.2 Å². The van der Waals surface area contributed by atoms with Gasteiger partial charge in [-0.05, 0) is 170 Å². The van der Waals surface area contributed by atoms with Gasteiger partial charge in [-0.1, -0.05) is 78.0 Å². The van der Waals surface area contributed by atoms with E-state index in [0.29, 0.717) is 70.9 Å². The lowest BCUT2D eigenvalue weighted by Crippen LogP contribution is -2.83. The number of thioether (sulfide) groups is 1. The summed E-state index contributed by atoms with van der Waals surface area (Å²) in [6.45, 7) is 21.3. The highest BCUT2D eigenvalue weighted by Crippen LogP contribution is 2.69. The van der Waals surface area contributed by atoms with Gasteiger partial charge in [0.05, 0.1) is 80.9 Å². The lowest BCUT2D eigenvalue weighted by Gasteiger charge is -2.65. The average molecular weight is 2020 g/mol. The molecule has 16 unspecified atom stereocenters. The van der Waals surface area contributed by atoms with Gasteiger partial charge in [0.1, 0.15) is 32.0 Å². The molecular weight excluding hydrogens is 1860 g/mol. The number of H-pyrrole nitrogens is 1. The third kappa shape index (κ3) is 30.9. The van der Waals surface area contributed by atoms with Crippen molar-refractivity contribution in [3.8, 4) is 0 Å². The number of hydrogen-bond acceptors (Lipinski definition) is 36. The summed E-state index contributed by atoms with van der Waals surface area (Å²) in [6, 6.07) is 11.5. The highest BCUT2D eigenvalue weighted by Gasteiger charge is 2.80. The molecule has 1 aromatic heterocycles. The van der Waals surface area contributed by atoms with Crippen LogP contribution in [0.15, 0.2) is 48.6 Å². The number of aliphatic hydroxyl groups excluding tert-OH is 6. The van der Waals surface area contributed by atoms with Gasteiger partial charge < -0.3 is 123 Å². The van der Waals surface area contributed by atoms with Crippen LogP contribution in [0.4, 0.5) is 5.69 Å². The summed E-state index contributed by atoms with van der Waals surface area (Å²) in [5, 5.41) is 98.1. The van der Waals surface area contributed by atoms with Crippen LogP contribution in [0, 0.1) is 24.2 Å². The number of aryl methyl sites for hydroxylation is 1. The molecule has 4 saturated heterocycles. The third-order valence-corrected chi connectivity index (χ3v) is 29.2. The lowest BCUT2D eigenvalue weighted by molar-refractivity contribution is -0.209. The zero-order valence-electron chi connectivity index (χ0n) is 84.4. The van der Waals surface area contributed by atoms with Gasteiger partial charge in [0.25, 0.3) is 0 Å². The number of likely N-dealkylation sites (tertiary alicyclic amines) is 1. The SMILES string of the molecule is CCC(CO)OC(CO)OC.CCC(CO)OC(COC(=O)CCCC(=O)NC(C)C(=O)OCCCC1CN2c3cc(C)c([C@@]4(C)CC5CN(CCc6c4[nH]c4ccccc64)CC(O)(CC)C5)cc3[C@]34CCN5CC=C[C@](CC)(C53)[C@@H](O)[C@](O)(C1=O)C24)OC.CCC(CO)OC(COC(=O)CCCC(=O)NCCN1C(=O)CC(SC)C1=O)OC.CCC(CO)OC(COC(=O)CCCC(=O)O)OC.O=C=O. The van der Waals surface area contributed by atoms with Crippen molar-refractivity contribution in [2.45, 2.75) is 305 Å². The number of amides is 4. The first-order chi connectivity index (χ1) is 67.4. The second-order valence-corrected chi connectivity index (χ2v) is 38.4. The number of aromatic amines is 1. The number of aliphatic carboxylic acids is 1. The Balaban J connectivity index is 0.000000347. The number of methoxy groups -OCH3 is 4. The molecule has 8 heterocycles. The summed E-state index contributed by atoms with van der Waals surface area (Å²) < 4.78 is 62.3. The van der Waals surface area contributed by atoms with Gasteiger partial charge in [-0.15, -0.1) is 0 Å². The molecule has 1 aliphatic carbocycles. The average Bonchev–Trinajstić information content (AvgIpc) is 1.47. The third-order valence-electron chi connectivity index (χ3n) is 28.2. The van der Waals surface area contributed by atoms with E-state index in [1.165, 1.54) is 74.2 Å². The Hall–Kier alpha value is -8.37. The number of nitrogens with one attached hydrogen (secondary N) is 3. The van der Waals surface area contributed by atoms with Crippen LogP contribution in [0.3, 0.4) is 0 Å². The van der Waals surface area contributed by atoms with Crippen LogP contribution >= 0.6 is 11.8 Å². The Morgan fingerprint density at radius 1 is 0.652 bits per heavy atom. The van der Waals surface area contributed by atoms with Gasteiger partial charge in [0.15, 0.2) is 36.5 Å². The number of nitrogens with zero attached hydrogens (tertiary/aromatic N) is 4. The molecule has 794 valence electrons. The number of fused-ring (bicyclic) bond motifs is 7. The number of aliphatic hydroxyl groups is 8. The summed E-state index contributed by atoms with van der Waals surface area (Å²) in [5.41, 5.74) is 3.11. The van der Waals surface area contributed by atoms with Crippen LogP contribution in [0.25, 0.3) is 10.9 Å². The van der Waals surface area contributed by atoms with Gasteiger partial charge in [0.2, 0.25) is 23.6 Å². The Bertz CT molecular complexity index is 4550. The minimum Gasteiger partial charge on any atom is -0.481 e. The molecule has 2 bridgehead atoms. The first-order valence-corrected chi connectivity index (χ1v) is 50.6. The molecule has 1 saturated carbocycles. The van der Waals surface area contributed by atoms with Gasteiger partial charge >= 0.3 is 36.0 Å². The van der Waals surface area contributed by atoms with E-state index in [2.05, 4.69) is 107 Å². The normalized spacial score (nSPS) is 25.9. The van der Waals surface area contributed by atoms with E-state index in [4.69, 9.17) is 92.0 Å². The highest BCUT2D eigenvalue weighted by molar-refractivity contribution is 8.00. The number of benzene rings is 2. The standard InChI is InChI=1S/C61H85N5O12.C19H32N2O8S.C12H22O7.C7H16O4.CO2/c1-8-41(34-67)78-50(75-7)35-77-49(69)20-13-19-48(68)62-38(5)53(71)76-27-14-16-40-33-66-47-28-37(4)44(29-45(47)60-23-26-65-24-15-22-59(10-3,54(60)65)56(72)61(74,52(40)70)55(60)66)57(6)30-39-31-58(73,9-2)36-64(32-39)25-21-43-42-17-11-12-18-46(42)63-51(43)57;1-4-13(11-22)29-18(27-2)12-28-17(25)7-5-6-15(23)20-8-9-21-16(24)10-14(30-3)19(21)26;1-3-9(7-13)19-12(17-2)8-18-11(16)6-4-5-10(14)15;1-3-6(4-8)11-7(5-9)10-2;2-1-3/h11-12,15,17-18,22,28-29,38-41,50,54-56,63,67,72-74H,8-10,13-14,16,19-21,23-27,30-36H2,1-7H3,(H,62,68);13-14,18,22H,4-12H2,1-3H3,(H,20,23);9,12-13H,3-8H2,1-2H3,(H,14,15);6-9H,3-5H2,1-2H3;/t38?,39?,40?,41?,50?,54?,55?,56-,57-,58?,59-,60-,61+;;;;/m1..../s1. The van der Waals surface area contributed by atoms with Crippen LogP contribution in [0.5, 0.6) is 0 Å². The molecular formula is C100H155N7O33S. The number of anilines is 1. The number of carbonyl (C=O) groups excluding carboxylic acids is 11. The molecule has 0 radical (unpaired) electrons. The predicted molar refractivity (Wildman–Crippen MR) is 514 cm³/mol. The summed E-state index contributed by atoms with van der Waals surface area (Å²) in [5.74, 6) is -5.07. The number of piperidine rings is 2. The fourth-order valence-corrected chi connectivity index (χ4v) is 21.5. The van der Waals surface area contributed by atoms with Crippen molar-refractivity contribution in [1.29, 1.82) is 0 Å². The van der Waals surface area contributed by atoms with Crippen molar-refractivity contribution in [3.05, 3.63) is 76.5 Å². The Morgan fingerprint density at radius 2 is 1.19 bits per heavy atom. The topological polar surface area (TPSA) is 550 Å². The summed E-state index contributed by atoms with van der Waals surface area (Å²) in [7, 11) is 5.69. The Labute approximate surface area is 830 Å². The molecule has 5 fully saturated rings. The molecule has 141 heavy (non-hydrogen) atoms. The highest BCUT2D eigenvalue weighted by atomic mass is 32.2. The minimum absolute atomic E-state index is 0.0209. The van der Waals surface area contributed by atoms with Gasteiger partial charge in [0, 0.05) is 170 Å². The Kier molecular flexibility index (Phi) is 49.3. The number of para-hydroxylation sites is 1.